The molecule has 2 N–H and O–H groups in total. The molecule has 1 aromatic heterocycles. The van der Waals surface area contributed by atoms with E-state index in [9.17, 15) is 22.4 Å². The van der Waals surface area contributed by atoms with Gasteiger partial charge in [-0.2, -0.15) is 13.2 Å². The molecule has 152 valence electrons. The molecule has 4 rings (SSSR count). The maximum atomic E-state index is 13.9. The van der Waals surface area contributed by atoms with Crippen LogP contribution in [-0.4, -0.2) is 17.4 Å². The largest absolute Gasteiger partial charge is 0.421 e. The second-order valence-electron chi connectivity index (χ2n) is 5.91. The quantitative estimate of drug-likeness (QED) is 0.689. The predicted octanol–water partition coefficient (Wildman–Crippen LogP) is 4.82. The highest BCUT2D eigenvalue weighted by molar-refractivity contribution is 7.17. The number of anilines is 2. The van der Waals surface area contributed by atoms with Crippen LogP contribution in [-0.2, 0) is 17.4 Å². The van der Waals surface area contributed by atoms with Crippen molar-refractivity contribution in [3.8, 4) is 0 Å². The Morgan fingerprint density at radius 2 is 2.07 bits per heavy atom. The Labute approximate surface area is 164 Å². The zero-order chi connectivity index (χ0) is 20.6. The van der Waals surface area contributed by atoms with E-state index in [0.29, 0.717) is 34.4 Å². The number of benzene rings is 1. The molecule has 1 aliphatic heterocycles. The molecule has 2 heterocycles. The van der Waals surface area contributed by atoms with Crippen LogP contribution in [0.2, 0.25) is 0 Å². The molecule has 2 aromatic rings. The first-order valence-electron chi connectivity index (χ1n) is 8.64. The first-order chi connectivity index (χ1) is 13.3. The number of thiazole rings is 1. The van der Waals surface area contributed by atoms with Crippen molar-refractivity contribution in [2.45, 2.75) is 33.4 Å². The Kier molecular flexibility index (Phi) is 5.44. The monoisotopic (exact) mass is 416 g/mol. The molecule has 10 heteroatoms. The second-order valence-corrected chi connectivity index (χ2v) is 6.91. The Balaban J connectivity index is 0.000000970. The van der Waals surface area contributed by atoms with E-state index in [2.05, 4.69) is 15.7 Å². The van der Waals surface area contributed by atoms with Crippen molar-refractivity contribution >= 4 is 33.8 Å². The lowest BCUT2D eigenvalue weighted by Crippen LogP contribution is -2.33. The summed E-state index contributed by atoms with van der Waals surface area (Å²) in [5.74, 6) is -1.61. The fourth-order valence-corrected chi connectivity index (χ4v) is 4.26. The third kappa shape index (κ3) is 3.49. The van der Waals surface area contributed by atoms with E-state index >= 15 is 0 Å². The molecule has 1 amide bonds. The highest BCUT2D eigenvalue weighted by Gasteiger charge is 2.42. The smallest absolute Gasteiger partial charge is 0.302 e. The van der Waals surface area contributed by atoms with Crippen LogP contribution in [0.25, 0.3) is 5.70 Å². The molecule has 0 fully saturated rings. The van der Waals surface area contributed by atoms with Crippen LogP contribution < -0.4 is 15.8 Å². The molecule has 0 bridgehead atoms. The lowest BCUT2D eigenvalue weighted by atomic mass is 10.1. The molecule has 5 nitrogen and oxygen atoms in total. The summed E-state index contributed by atoms with van der Waals surface area (Å²) >= 11 is 1.19. The van der Waals surface area contributed by atoms with Crippen LogP contribution in [0.4, 0.5) is 28.4 Å². The SMILES string of the molecule is CC.CC(=O)Nc1nc2c(s1)C1=C(CNN1c1cccc(F)c1C(F)(F)F)C2.[HH]. The van der Waals surface area contributed by atoms with Crippen molar-refractivity contribution in [2.24, 2.45) is 0 Å². The first-order valence-corrected chi connectivity index (χ1v) is 9.46. The second kappa shape index (κ2) is 7.51. The summed E-state index contributed by atoms with van der Waals surface area (Å²) in [5, 5.41) is 4.23. The lowest BCUT2D eigenvalue weighted by Gasteiger charge is -2.25. The van der Waals surface area contributed by atoms with Gasteiger partial charge in [-0.1, -0.05) is 31.3 Å². The molecule has 0 radical (unpaired) electrons. The number of halogens is 4. The molecule has 0 atom stereocenters. The van der Waals surface area contributed by atoms with Crippen LogP contribution in [0.3, 0.4) is 0 Å². The molecular formula is C18H20F4N4OS. The zero-order valence-electron chi connectivity index (χ0n) is 15.4. The molecule has 1 aromatic carbocycles. The van der Waals surface area contributed by atoms with Gasteiger partial charge in [-0.15, -0.1) is 0 Å². The Bertz CT molecular complexity index is 958. The molecular weight excluding hydrogens is 396 g/mol. The number of hydrazine groups is 1. The Morgan fingerprint density at radius 1 is 1.36 bits per heavy atom. The summed E-state index contributed by atoms with van der Waals surface area (Å²) in [4.78, 5) is 16.2. The third-order valence-corrected chi connectivity index (χ3v) is 5.12. The number of carbonyl (C=O) groups is 1. The van der Waals surface area contributed by atoms with Gasteiger partial charge in [-0.3, -0.25) is 9.80 Å². The standard InChI is InChI=1S/C16H12F4N4OS.C2H6.H2/c1-7(25)22-15-23-10-5-8-6-21-24(13(8)14(10)26-15)11-4-2-3-9(17)12(11)16(18,19)20;1-2;/h2-4,21H,5-6H2,1H3,(H,22,23,25);1-2H3;1H. The number of fused-ring (bicyclic) bond motifs is 2. The highest BCUT2D eigenvalue weighted by atomic mass is 32.1. The minimum Gasteiger partial charge on any atom is -0.302 e. The number of nitrogens with one attached hydrogen (secondary N) is 2. The number of alkyl halides is 3. The average Bonchev–Trinajstić information content (AvgIpc) is 3.25. The van der Waals surface area contributed by atoms with Crippen molar-refractivity contribution in [1.29, 1.82) is 0 Å². The van der Waals surface area contributed by atoms with E-state index < -0.39 is 17.6 Å². The summed E-state index contributed by atoms with van der Waals surface area (Å²) in [7, 11) is 0. The fraction of sp³-hybridized carbons (Fsp3) is 0.333. The number of hydrogen-bond donors (Lipinski definition) is 2. The summed E-state index contributed by atoms with van der Waals surface area (Å²) in [6.45, 7) is 5.70. The summed E-state index contributed by atoms with van der Waals surface area (Å²) in [5.41, 5.74) is 3.39. The minimum absolute atomic E-state index is 0. The fourth-order valence-electron chi connectivity index (χ4n) is 3.15. The highest BCUT2D eigenvalue weighted by Crippen LogP contribution is 2.47. The zero-order valence-corrected chi connectivity index (χ0v) is 16.2. The summed E-state index contributed by atoms with van der Waals surface area (Å²) < 4.78 is 54.1. The van der Waals surface area contributed by atoms with Crippen LogP contribution in [0.5, 0.6) is 0 Å². The first kappa shape index (κ1) is 20.3. The number of aromatic nitrogens is 1. The van der Waals surface area contributed by atoms with Gasteiger partial charge in [0.05, 0.1) is 22.0 Å². The molecule has 28 heavy (non-hydrogen) atoms. The van der Waals surface area contributed by atoms with Gasteiger partial charge in [0, 0.05) is 21.3 Å². The van der Waals surface area contributed by atoms with Crippen LogP contribution in [0.1, 0.15) is 38.3 Å². The van der Waals surface area contributed by atoms with Crippen molar-refractivity contribution in [1.82, 2.24) is 10.4 Å². The van der Waals surface area contributed by atoms with Gasteiger partial charge in [-0.05, 0) is 17.7 Å². The maximum Gasteiger partial charge on any atom is 0.421 e. The van der Waals surface area contributed by atoms with Crippen LogP contribution in [0, 0.1) is 5.82 Å². The molecule has 2 aliphatic rings. The van der Waals surface area contributed by atoms with E-state index in [0.717, 1.165) is 11.6 Å². The molecule has 0 unspecified atom stereocenters. The van der Waals surface area contributed by atoms with Gasteiger partial charge in [-0.25, -0.2) is 14.8 Å². The van der Waals surface area contributed by atoms with E-state index in [1.54, 1.807) is 0 Å². The molecule has 0 spiro atoms. The van der Waals surface area contributed by atoms with E-state index in [4.69, 9.17) is 0 Å². The van der Waals surface area contributed by atoms with Gasteiger partial charge in [0.2, 0.25) is 5.91 Å². The molecule has 1 aliphatic carbocycles. The Morgan fingerprint density at radius 3 is 2.71 bits per heavy atom. The van der Waals surface area contributed by atoms with Gasteiger partial charge in [0.25, 0.3) is 0 Å². The van der Waals surface area contributed by atoms with Gasteiger partial charge >= 0.3 is 6.18 Å². The van der Waals surface area contributed by atoms with Crippen LogP contribution in [0.15, 0.2) is 23.8 Å². The summed E-state index contributed by atoms with van der Waals surface area (Å²) in [6, 6.07) is 3.26. The lowest BCUT2D eigenvalue weighted by molar-refractivity contribution is -0.139. The maximum absolute atomic E-state index is 13.9. The predicted molar refractivity (Wildman–Crippen MR) is 102 cm³/mol. The minimum atomic E-state index is -4.83. The molecule has 0 saturated heterocycles. The number of amides is 1. The van der Waals surface area contributed by atoms with Crippen molar-refractivity contribution in [3.63, 3.8) is 0 Å². The number of hydrogen-bond acceptors (Lipinski definition) is 5. The van der Waals surface area contributed by atoms with Crippen LogP contribution >= 0.6 is 11.3 Å². The van der Waals surface area contributed by atoms with E-state index in [1.807, 2.05) is 13.8 Å². The topological polar surface area (TPSA) is 57.3 Å². The average molecular weight is 416 g/mol. The summed E-state index contributed by atoms with van der Waals surface area (Å²) in [6.07, 6.45) is -4.36. The number of carbonyl (C=O) groups excluding carboxylic acids is 1. The normalized spacial score (nSPS) is 15.2. The van der Waals surface area contributed by atoms with E-state index in [1.165, 1.54) is 35.4 Å². The van der Waals surface area contributed by atoms with Gasteiger partial charge in [0.1, 0.15) is 11.4 Å². The van der Waals surface area contributed by atoms with Crippen molar-refractivity contribution in [3.05, 3.63) is 45.7 Å². The third-order valence-electron chi connectivity index (χ3n) is 4.10. The van der Waals surface area contributed by atoms with Crippen molar-refractivity contribution < 1.29 is 23.8 Å². The number of rotatable bonds is 2. The molecule has 0 saturated carbocycles. The van der Waals surface area contributed by atoms with Gasteiger partial charge < -0.3 is 5.32 Å². The Hall–Kier alpha value is -2.46. The van der Waals surface area contributed by atoms with E-state index in [-0.39, 0.29) is 13.0 Å². The van der Waals surface area contributed by atoms with Crippen molar-refractivity contribution in [2.75, 3.05) is 16.9 Å². The van der Waals surface area contributed by atoms with Gasteiger partial charge in [0.15, 0.2) is 5.13 Å². The number of nitrogens with zero attached hydrogens (tertiary/aromatic N) is 2.